The number of amides is 1. The minimum absolute atomic E-state index is 0.0824. The van der Waals surface area contributed by atoms with Gasteiger partial charge in [-0.1, -0.05) is 0 Å². The normalized spacial score (nSPS) is 21.0. The van der Waals surface area contributed by atoms with Gasteiger partial charge in [0.05, 0.1) is 17.0 Å². The Hall–Kier alpha value is -2.71. The molecule has 9 heteroatoms. The molecule has 9 nitrogen and oxygen atoms in total. The number of carboxylic acids is 1. The summed E-state index contributed by atoms with van der Waals surface area (Å²) in [6.07, 6.45) is 2.08. The quantitative estimate of drug-likeness (QED) is 0.634. The molecule has 2 heterocycles. The highest BCUT2D eigenvalue weighted by Gasteiger charge is 2.32. The smallest absolute Gasteiger partial charge is 0.308 e. The maximum atomic E-state index is 12.4. The van der Waals surface area contributed by atoms with E-state index in [0.717, 1.165) is 22.9 Å². The molecule has 0 aromatic carbocycles. The number of hydrogen-bond donors (Lipinski definition) is 1. The van der Waals surface area contributed by atoms with Gasteiger partial charge in [-0.2, -0.15) is 0 Å². The third kappa shape index (κ3) is 3.74. The zero-order chi connectivity index (χ0) is 17.1. The van der Waals surface area contributed by atoms with Crippen molar-refractivity contribution >= 4 is 17.6 Å². The Labute approximate surface area is 131 Å². The van der Waals surface area contributed by atoms with E-state index in [1.165, 1.54) is 4.90 Å². The zero-order valence-electron chi connectivity index (χ0n) is 12.5. The van der Waals surface area contributed by atoms with Gasteiger partial charge in [-0.25, -0.2) is 0 Å². The fourth-order valence-electron chi connectivity index (χ4n) is 2.64. The summed E-state index contributed by atoms with van der Waals surface area (Å²) < 4.78 is 0.970. The van der Waals surface area contributed by atoms with Crippen molar-refractivity contribution in [2.45, 2.75) is 32.4 Å². The molecule has 0 radical (unpaired) electrons. The van der Waals surface area contributed by atoms with Crippen molar-refractivity contribution in [1.29, 1.82) is 0 Å². The summed E-state index contributed by atoms with van der Waals surface area (Å²) in [5, 5.41) is 19.8. The minimum atomic E-state index is -0.956. The molecule has 1 fully saturated rings. The number of carbonyl (C=O) groups excluding carboxylic acids is 1. The van der Waals surface area contributed by atoms with Crippen LogP contribution in [0.3, 0.4) is 0 Å². The van der Waals surface area contributed by atoms with Gasteiger partial charge in [0.1, 0.15) is 6.54 Å². The molecule has 1 aromatic rings. The van der Waals surface area contributed by atoms with Crippen LogP contribution in [0.4, 0.5) is 5.69 Å². The van der Waals surface area contributed by atoms with Crippen LogP contribution in [-0.2, 0) is 16.1 Å². The summed E-state index contributed by atoms with van der Waals surface area (Å²) in [5.41, 5.74) is -0.809. The number of likely N-dealkylation sites (tertiary alicyclic amines) is 1. The largest absolute Gasteiger partial charge is 0.481 e. The number of piperidine rings is 1. The lowest BCUT2D eigenvalue weighted by molar-refractivity contribution is -0.385. The Morgan fingerprint density at radius 2 is 2.09 bits per heavy atom. The van der Waals surface area contributed by atoms with Crippen LogP contribution in [0.1, 0.15) is 19.8 Å². The highest BCUT2D eigenvalue weighted by Crippen LogP contribution is 2.22. The molecule has 1 aliphatic rings. The topological polar surface area (TPSA) is 123 Å². The van der Waals surface area contributed by atoms with Crippen molar-refractivity contribution in [3.63, 3.8) is 0 Å². The van der Waals surface area contributed by atoms with Gasteiger partial charge in [-0.15, -0.1) is 0 Å². The number of pyridine rings is 1. The maximum Gasteiger partial charge on any atom is 0.308 e. The van der Waals surface area contributed by atoms with Crippen LogP contribution in [0.15, 0.2) is 23.1 Å². The van der Waals surface area contributed by atoms with Crippen LogP contribution in [0.5, 0.6) is 0 Å². The first-order chi connectivity index (χ1) is 10.8. The predicted molar refractivity (Wildman–Crippen MR) is 78.9 cm³/mol. The fourth-order valence-corrected chi connectivity index (χ4v) is 2.64. The Morgan fingerprint density at radius 3 is 2.70 bits per heavy atom. The van der Waals surface area contributed by atoms with Crippen LogP contribution in [0, 0.1) is 16.0 Å². The van der Waals surface area contributed by atoms with Crippen LogP contribution >= 0.6 is 0 Å². The number of rotatable bonds is 4. The highest BCUT2D eigenvalue weighted by molar-refractivity contribution is 5.78. The van der Waals surface area contributed by atoms with Gasteiger partial charge in [0.2, 0.25) is 5.91 Å². The number of carbonyl (C=O) groups is 2. The van der Waals surface area contributed by atoms with E-state index in [9.17, 15) is 24.5 Å². The molecule has 1 aromatic heterocycles. The first-order valence-electron chi connectivity index (χ1n) is 7.16. The van der Waals surface area contributed by atoms with E-state index in [2.05, 4.69) is 0 Å². The summed E-state index contributed by atoms with van der Waals surface area (Å²) in [6, 6.07) is 1.98. The summed E-state index contributed by atoms with van der Waals surface area (Å²) >= 11 is 0. The van der Waals surface area contributed by atoms with Gasteiger partial charge in [-0.05, 0) is 19.8 Å². The van der Waals surface area contributed by atoms with Crippen LogP contribution < -0.4 is 5.56 Å². The molecule has 1 N–H and O–H groups in total. The van der Waals surface area contributed by atoms with E-state index in [-0.39, 0.29) is 24.8 Å². The van der Waals surface area contributed by atoms with Crippen molar-refractivity contribution in [3.05, 3.63) is 38.8 Å². The van der Waals surface area contributed by atoms with Crippen molar-refractivity contribution in [2.75, 3.05) is 6.54 Å². The Morgan fingerprint density at radius 1 is 1.39 bits per heavy atom. The lowest BCUT2D eigenvalue weighted by Crippen LogP contribution is -2.49. The Kier molecular flexibility index (Phi) is 4.77. The second-order valence-electron chi connectivity index (χ2n) is 5.62. The molecular formula is C14H17N3O6. The van der Waals surface area contributed by atoms with E-state index in [0.29, 0.717) is 12.8 Å². The lowest BCUT2D eigenvalue weighted by atomic mass is 9.93. The molecule has 23 heavy (non-hydrogen) atoms. The first-order valence-corrected chi connectivity index (χ1v) is 7.16. The van der Waals surface area contributed by atoms with Gasteiger partial charge in [0.25, 0.3) is 11.2 Å². The van der Waals surface area contributed by atoms with Gasteiger partial charge >= 0.3 is 5.97 Å². The Balaban J connectivity index is 2.17. The lowest BCUT2D eigenvalue weighted by Gasteiger charge is -2.36. The Bertz CT molecular complexity index is 698. The standard InChI is InChI=1S/C14H17N3O6/c1-9-2-3-10(14(20)21)6-16(9)13(19)8-15-7-11(17(22)23)4-5-12(15)18/h4-5,7,9-10H,2-3,6,8H2,1H3,(H,20,21). The number of nitrogens with zero attached hydrogens (tertiary/aromatic N) is 3. The van der Waals surface area contributed by atoms with E-state index >= 15 is 0 Å². The van der Waals surface area contributed by atoms with E-state index in [4.69, 9.17) is 5.11 Å². The summed E-state index contributed by atoms with van der Waals surface area (Å²) in [7, 11) is 0. The molecule has 1 saturated heterocycles. The zero-order valence-corrected chi connectivity index (χ0v) is 12.5. The van der Waals surface area contributed by atoms with Gasteiger partial charge < -0.3 is 10.0 Å². The average Bonchev–Trinajstić information content (AvgIpc) is 2.49. The third-order valence-corrected chi connectivity index (χ3v) is 4.04. The van der Waals surface area contributed by atoms with Gasteiger partial charge in [0.15, 0.2) is 0 Å². The van der Waals surface area contributed by atoms with Crippen LogP contribution in [0.2, 0.25) is 0 Å². The molecule has 0 bridgehead atoms. The molecule has 2 unspecified atom stereocenters. The van der Waals surface area contributed by atoms with Gasteiger partial charge in [0, 0.05) is 24.7 Å². The fraction of sp³-hybridized carbons (Fsp3) is 0.500. The maximum absolute atomic E-state index is 12.4. The van der Waals surface area contributed by atoms with Crippen LogP contribution in [-0.4, -0.2) is 44.0 Å². The molecule has 2 atom stereocenters. The molecule has 2 rings (SSSR count). The van der Waals surface area contributed by atoms with Crippen molar-refractivity contribution in [3.8, 4) is 0 Å². The van der Waals surface area contributed by atoms with Crippen LogP contribution in [0.25, 0.3) is 0 Å². The highest BCUT2D eigenvalue weighted by atomic mass is 16.6. The molecule has 1 amide bonds. The van der Waals surface area contributed by atoms with Gasteiger partial charge in [-0.3, -0.25) is 29.1 Å². The number of aliphatic carboxylic acids is 1. The van der Waals surface area contributed by atoms with E-state index in [1.54, 1.807) is 0 Å². The SMILES string of the molecule is CC1CCC(C(=O)O)CN1C(=O)Cn1cc([N+](=O)[O-])ccc1=O. The summed E-state index contributed by atoms with van der Waals surface area (Å²) in [5.74, 6) is -2.01. The molecule has 1 aliphatic heterocycles. The summed E-state index contributed by atoms with van der Waals surface area (Å²) in [4.78, 5) is 46.7. The van der Waals surface area contributed by atoms with Crippen molar-refractivity contribution in [1.82, 2.24) is 9.47 Å². The summed E-state index contributed by atoms with van der Waals surface area (Å²) in [6.45, 7) is 1.54. The van der Waals surface area contributed by atoms with Crippen molar-refractivity contribution < 1.29 is 19.6 Å². The second kappa shape index (κ2) is 6.59. The molecule has 124 valence electrons. The van der Waals surface area contributed by atoms with Crippen molar-refractivity contribution in [2.24, 2.45) is 5.92 Å². The number of hydrogen-bond acceptors (Lipinski definition) is 5. The monoisotopic (exact) mass is 323 g/mol. The molecule has 0 saturated carbocycles. The number of aromatic nitrogens is 1. The first kappa shape index (κ1) is 16.7. The van der Waals surface area contributed by atoms with E-state index in [1.807, 2.05) is 6.92 Å². The third-order valence-electron chi connectivity index (χ3n) is 4.04. The predicted octanol–water partition coefficient (Wildman–Crippen LogP) is 0.468. The minimum Gasteiger partial charge on any atom is -0.481 e. The number of nitro groups is 1. The number of carboxylic acid groups (broad SMARTS) is 1. The molecule has 0 aliphatic carbocycles. The van der Waals surface area contributed by atoms with E-state index < -0.39 is 28.3 Å². The molecular weight excluding hydrogens is 306 g/mol. The second-order valence-corrected chi connectivity index (χ2v) is 5.62. The molecule has 0 spiro atoms. The average molecular weight is 323 g/mol.